The maximum Gasteiger partial charge on any atom is 0.152 e. The highest BCUT2D eigenvalue weighted by atomic mass is 31.2. The molecule has 1 heterocycles. The molecule has 1 aliphatic heterocycles. The Bertz CT molecular complexity index is 906. The number of rotatable bonds is 4. The number of allylic oxidation sites excluding steroid dienone is 1. The fourth-order valence-corrected chi connectivity index (χ4v) is 10.8. The van der Waals surface area contributed by atoms with E-state index in [0.717, 1.165) is 16.3 Å². The Morgan fingerprint density at radius 2 is 1.43 bits per heavy atom. The number of hydrogen-bond acceptors (Lipinski definition) is 3. The third-order valence-electron chi connectivity index (χ3n) is 6.08. The molecule has 4 atom stereocenters. The van der Waals surface area contributed by atoms with Crippen molar-refractivity contribution in [3.8, 4) is 0 Å². The molecular formula is C23H28NO2PSi. The van der Waals surface area contributed by atoms with Crippen LogP contribution in [0.2, 0.25) is 25.2 Å². The predicted molar refractivity (Wildman–Crippen MR) is 121 cm³/mol. The van der Waals surface area contributed by atoms with Crippen LogP contribution in [0.25, 0.3) is 0 Å². The first kappa shape index (κ1) is 19.4. The summed E-state index contributed by atoms with van der Waals surface area (Å²) in [5, 5.41) is 6.21. The average molecular weight is 410 g/mol. The lowest BCUT2D eigenvalue weighted by Crippen LogP contribution is -2.48. The molecule has 0 saturated heterocycles. The number of hydrogen-bond donors (Lipinski definition) is 0. The molecule has 0 fully saturated rings. The molecule has 28 heavy (non-hydrogen) atoms. The van der Waals surface area contributed by atoms with Crippen molar-refractivity contribution >= 4 is 31.5 Å². The molecule has 146 valence electrons. The van der Waals surface area contributed by atoms with E-state index < -0.39 is 15.2 Å². The van der Waals surface area contributed by atoms with Crippen molar-refractivity contribution in [2.75, 3.05) is 0 Å². The molecule has 3 nitrogen and oxygen atoms in total. The maximum atomic E-state index is 15.0. The fourth-order valence-electron chi connectivity index (χ4n) is 4.79. The number of oxime groups is 1. The molecule has 1 aliphatic carbocycles. The summed E-state index contributed by atoms with van der Waals surface area (Å²) in [5.74, 6) is 0.162. The summed E-state index contributed by atoms with van der Waals surface area (Å²) in [5.41, 5.74) is 1.11. The van der Waals surface area contributed by atoms with Gasteiger partial charge in [-0.15, -0.1) is 0 Å². The molecule has 0 radical (unpaired) electrons. The zero-order valence-corrected chi connectivity index (χ0v) is 18.8. The van der Waals surface area contributed by atoms with Gasteiger partial charge in [-0.05, 0) is 18.5 Å². The van der Waals surface area contributed by atoms with Crippen LogP contribution in [0.1, 0.15) is 6.92 Å². The van der Waals surface area contributed by atoms with Gasteiger partial charge in [0.15, 0.2) is 7.14 Å². The molecule has 0 amide bonds. The van der Waals surface area contributed by atoms with Gasteiger partial charge in [0.25, 0.3) is 0 Å². The lowest BCUT2D eigenvalue weighted by atomic mass is 9.96. The van der Waals surface area contributed by atoms with E-state index in [9.17, 15) is 0 Å². The second-order valence-electron chi connectivity index (χ2n) is 8.93. The summed E-state index contributed by atoms with van der Waals surface area (Å²) in [6.07, 6.45) is 4.37. The van der Waals surface area contributed by atoms with Crippen molar-refractivity contribution in [1.29, 1.82) is 0 Å². The van der Waals surface area contributed by atoms with Crippen LogP contribution in [-0.4, -0.2) is 25.5 Å². The highest BCUT2D eigenvalue weighted by Crippen LogP contribution is 2.59. The van der Waals surface area contributed by atoms with E-state index >= 15 is 4.57 Å². The molecule has 5 heteroatoms. The molecule has 2 aliphatic rings. The van der Waals surface area contributed by atoms with Crippen molar-refractivity contribution in [3.05, 3.63) is 72.8 Å². The van der Waals surface area contributed by atoms with Crippen molar-refractivity contribution < 1.29 is 9.40 Å². The molecule has 0 spiro atoms. The molecule has 0 unspecified atom stereocenters. The van der Waals surface area contributed by atoms with Gasteiger partial charge in [-0.2, -0.15) is 0 Å². The van der Waals surface area contributed by atoms with Crippen LogP contribution in [0.5, 0.6) is 0 Å². The second kappa shape index (κ2) is 7.17. The van der Waals surface area contributed by atoms with Crippen LogP contribution >= 0.6 is 7.14 Å². The van der Waals surface area contributed by atoms with Gasteiger partial charge in [-0.3, -0.25) is 0 Å². The van der Waals surface area contributed by atoms with Crippen LogP contribution in [0.4, 0.5) is 0 Å². The normalized spacial score (nSPS) is 27.1. The molecule has 2 aromatic carbocycles. The largest absolute Gasteiger partial charge is 0.388 e. The Labute approximate surface area is 168 Å². The molecule has 2 aromatic rings. The van der Waals surface area contributed by atoms with E-state index in [4.69, 9.17) is 4.84 Å². The van der Waals surface area contributed by atoms with Crippen LogP contribution in [0.15, 0.2) is 78.0 Å². The Morgan fingerprint density at radius 3 is 1.93 bits per heavy atom. The van der Waals surface area contributed by atoms with Crippen LogP contribution in [0, 0.1) is 5.92 Å². The first-order valence-electron chi connectivity index (χ1n) is 9.93. The van der Waals surface area contributed by atoms with Crippen LogP contribution in [-0.2, 0) is 9.40 Å². The molecule has 0 bridgehead atoms. The lowest BCUT2D eigenvalue weighted by Gasteiger charge is -2.42. The van der Waals surface area contributed by atoms with E-state index in [1.807, 2.05) is 67.6 Å². The topological polar surface area (TPSA) is 38.7 Å². The van der Waals surface area contributed by atoms with Crippen LogP contribution in [0.3, 0.4) is 0 Å². The Hall–Kier alpha value is -1.90. The zero-order valence-electron chi connectivity index (χ0n) is 16.9. The predicted octanol–water partition coefficient (Wildman–Crippen LogP) is 5.04. The van der Waals surface area contributed by atoms with Gasteiger partial charge in [0.2, 0.25) is 0 Å². The highest BCUT2D eigenvalue weighted by molar-refractivity contribution is 7.80. The fraction of sp³-hybridized carbons (Fsp3) is 0.348. The Kier molecular flexibility index (Phi) is 4.97. The van der Waals surface area contributed by atoms with E-state index in [1.54, 1.807) is 0 Å². The molecular weight excluding hydrogens is 381 g/mol. The van der Waals surface area contributed by atoms with Crippen molar-refractivity contribution in [3.63, 3.8) is 0 Å². The van der Waals surface area contributed by atoms with Gasteiger partial charge in [0.1, 0.15) is 6.10 Å². The van der Waals surface area contributed by atoms with Crippen molar-refractivity contribution in [1.82, 2.24) is 0 Å². The molecule has 0 N–H and O–H groups in total. The van der Waals surface area contributed by atoms with Gasteiger partial charge in [-0.25, -0.2) is 0 Å². The third kappa shape index (κ3) is 3.13. The van der Waals surface area contributed by atoms with Gasteiger partial charge < -0.3 is 9.40 Å². The monoisotopic (exact) mass is 409 g/mol. The van der Waals surface area contributed by atoms with Gasteiger partial charge in [-0.1, -0.05) is 91.5 Å². The minimum atomic E-state index is -2.96. The van der Waals surface area contributed by atoms with Crippen LogP contribution < -0.4 is 10.6 Å². The minimum absolute atomic E-state index is 0.0915. The first-order valence-corrected chi connectivity index (χ1v) is 15.3. The van der Waals surface area contributed by atoms with Gasteiger partial charge in [0, 0.05) is 16.5 Å². The second-order valence-corrected chi connectivity index (χ2v) is 17.2. The minimum Gasteiger partial charge on any atom is -0.388 e. The van der Waals surface area contributed by atoms with E-state index in [0.29, 0.717) is 5.54 Å². The summed E-state index contributed by atoms with van der Waals surface area (Å²) in [4.78, 5) is 5.84. The summed E-state index contributed by atoms with van der Waals surface area (Å²) in [7, 11) is -4.49. The third-order valence-corrected chi connectivity index (χ3v) is 12.3. The molecule has 4 rings (SSSR count). The summed E-state index contributed by atoms with van der Waals surface area (Å²) < 4.78 is 15.0. The summed E-state index contributed by atoms with van der Waals surface area (Å²) in [6.45, 7) is 9.15. The average Bonchev–Trinajstić information content (AvgIpc) is 3.13. The first-order chi connectivity index (χ1) is 13.3. The lowest BCUT2D eigenvalue weighted by molar-refractivity contribution is 0.0467. The smallest absolute Gasteiger partial charge is 0.152 e. The number of fused-ring (bicyclic) bond motifs is 1. The highest BCUT2D eigenvalue weighted by Gasteiger charge is 2.54. The van der Waals surface area contributed by atoms with Crippen molar-refractivity contribution in [2.45, 2.75) is 43.9 Å². The van der Waals surface area contributed by atoms with E-state index in [-0.39, 0.29) is 17.7 Å². The summed E-state index contributed by atoms with van der Waals surface area (Å²) in [6, 6.07) is 19.9. The molecule has 0 aromatic heterocycles. The number of nitrogens with zero attached hydrogens (tertiary/aromatic N) is 1. The van der Waals surface area contributed by atoms with E-state index in [1.165, 1.54) is 0 Å². The Morgan fingerprint density at radius 1 is 0.893 bits per heavy atom. The van der Waals surface area contributed by atoms with Gasteiger partial charge in [0.05, 0.1) is 19.4 Å². The molecule has 0 saturated carbocycles. The zero-order chi connectivity index (χ0) is 19.9. The standard InChI is InChI=1S/C23H28NO2PSi/c1-17-23(22-20(26-24-17)15-16-21(22)28(2,3)4)27(25,18-11-7-5-8-12-18)19-13-9-6-10-14-19/h5-16,20-23H,1-4H3/t20-,21-,22-,23+/m1/s1. The Balaban J connectivity index is 1.94. The quantitative estimate of drug-likeness (QED) is 0.403. The van der Waals surface area contributed by atoms with Crippen molar-refractivity contribution in [2.24, 2.45) is 11.1 Å². The summed E-state index contributed by atoms with van der Waals surface area (Å²) >= 11 is 0. The number of benzene rings is 2. The van der Waals surface area contributed by atoms with E-state index in [2.05, 4.69) is 36.9 Å². The maximum absolute atomic E-state index is 15.0. The SMILES string of the molecule is CC1=NO[C@@H]2C=C[C@@H]([Si](C)(C)C)[C@@H]2[C@H]1P(=O)(c1ccccc1)c1ccccc1. The van der Waals surface area contributed by atoms with Gasteiger partial charge >= 0.3 is 0 Å².